The Morgan fingerprint density at radius 2 is 2.19 bits per heavy atom. The number of carboxylic acid groups (broad SMARTS) is 1. The molecule has 1 aromatic carbocycles. The zero-order chi connectivity index (χ0) is 14.8. The monoisotopic (exact) mass is 317 g/mol. The fraction of sp³-hybridized carbons (Fsp3) is 0.143. The summed E-state index contributed by atoms with van der Waals surface area (Å²) in [5.41, 5.74) is 0.956. The molecule has 0 aliphatic rings. The molecular formula is C14H11N3O2S2. The van der Waals surface area contributed by atoms with E-state index in [4.69, 9.17) is 0 Å². The van der Waals surface area contributed by atoms with Crippen molar-refractivity contribution in [1.82, 2.24) is 14.3 Å². The summed E-state index contributed by atoms with van der Waals surface area (Å²) in [5.74, 6) is -0.214. The molecule has 0 atom stereocenters. The Kier molecular flexibility index (Phi) is 3.85. The van der Waals surface area contributed by atoms with Crippen LogP contribution in [-0.2, 0) is 6.42 Å². The maximum Gasteiger partial charge on any atom is 0.338 e. The molecule has 7 heteroatoms. The number of nitrogens with zero attached hydrogens (tertiary/aromatic N) is 3. The van der Waals surface area contributed by atoms with Crippen LogP contribution >= 0.6 is 23.3 Å². The molecule has 0 spiro atoms. The van der Waals surface area contributed by atoms with Crippen LogP contribution in [0.1, 0.15) is 23.1 Å². The third-order valence-corrected chi connectivity index (χ3v) is 4.84. The van der Waals surface area contributed by atoms with Gasteiger partial charge in [0.2, 0.25) is 0 Å². The second-order valence-corrected chi connectivity index (χ2v) is 6.26. The summed E-state index contributed by atoms with van der Waals surface area (Å²) in [5, 5.41) is 10.2. The van der Waals surface area contributed by atoms with E-state index in [9.17, 15) is 9.90 Å². The number of hydrogen-bond donors (Lipinski definition) is 1. The van der Waals surface area contributed by atoms with Crippen molar-refractivity contribution < 1.29 is 9.90 Å². The van der Waals surface area contributed by atoms with E-state index in [2.05, 4.69) is 14.3 Å². The Morgan fingerprint density at radius 3 is 2.90 bits per heavy atom. The number of rotatable bonds is 4. The van der Waals surface area contributed by atoms with Crippen molar-refractivity contribution in [3.63, 3.8) is 0 Å². The van der Waals surface area contributed by atoms with E-state index >= 15 is 0 Å². The first-order valence-corrected chi connectivity index (χ1v) is 7.89. The molecular weight excluding hydrogens is 306 g/mol. The quantitative estimate of drug-likeness (QED) is 0.793. The number of aromatic nitrogens is 3. The third-order valence-electron chi connectivity index (χ3n) is 2.91. The Balaban J connectivity index is 2.13. The van der Waals surface area contributed by atoms with Gasteiger partial charge >= 0.3 is 5.97 Å². The highest BCUT2D eigenvalue weighted by atomic mass is 32.2. The van der Waals surface area contributed by atoms with Gasteiger partial charge in [-0.3, -0.25) is 4.98 Å². The van der Waals surface area contributed by atoms with Gasteiger partial charge in [-0.25, -0.2) is 9.78 Å². The Labute approximate surface area is 129 Å². The van der Waals surface area contributed by atoms with Crippen LogP contribution in [-0.4, -0.2) is 25.4 Å². The zero-order valence-corrected chi connectivity index (χ0v) is 12.7. The average molecular weight is 317 g/mol. The second-order valence-electron chi connectivity index (χ2n) is 4.26. The number of hydrogen-bond acceptors (Lipinski definition) is 6. The number of carbonyl (C=O) groups is 1. The molecule has 5 nitrogen and oxygen atoms in total. The Morgan fingerprint density at radius 1 is 1.38 bits per heavy atom. The first-order valence-electron chi connectivity index (χ1n) is 6.30. The van der Waals surface area contributed by atoms with Crippen molar-refractivity contribution in [1.29, 1.82) is 0 Å². The topological polar surface area (TPSA) is 76.0 Å². The summed E-state index contributed by atoms with van der Waals surface area (Å²) >= 11 is 2.62. The highest BCUT2D eigenvalue weighted by molar-refractivity contribution is 8.01. The number of para-hydroxylation sites is 1. The molecule has 1 N–H and O–H groups in total. The first-order chi connectivity index (χ1) is 10.2. The lowest BCUT2D eigenvalue weighted by molar-refractivity contribution is 0.0693. The van der Waals surface area contributed by atoms with Gasteiger partial charge in [0.15, 0.2) is 4.34 Å². The number of fused-ring (bicyclic) bond motifs is 1. The summed E-state index contributed by atoms with van der Waals surface area (Å²) < 4.78 is 4.97. The van der Waals surface area contributed by atoms with Crippen LogP contribution in [0.5, 0.6) is 0 Å². The lowest BCUT2D eigenvalue weighted by Gasteiger charge is -2.07. The van der Waals surface area contributed by atoms with Crippen molar-refractivity contribution in [3.8, 4) is 0 Å². The summed E-state index contributed by atoms with van der Waals surface area (Å²) in [4.78, 5) is 20.7. The van der Waals surface area contributed by atoms with Gasteiger partial charge in [-0.2, -0.15) is 4.37 Å². The molecule has 2 heterocycles. The lowest BCUT2D eigenvalue weighted by atomic mass is 10.1. The minimum atomic E-state index is -0.990. The Bertz CT molecular complexity index is 817. The van der Waals surface area contributed by atoms with E-state index in [0.29, 0.717) is 4.90 Å². The van der Waals surface area contributed by atoms with Crippen LogP contribution < -0.4 is 0 Å². The molecule has 0 aliphatic carbocycles. The molecule has 0 radical (unpaired) electrons. The zero-order valence-electron chi connectivity index (χ0n) is 11.1. The molecule has 0 saturated carbocycles. The van der Waals surface area contributed by atoms with Gasteiger partial charge in [0.1, 0.15) is 5.82 Å². The van der Waals surface area contributed by atoms with Crippen molar-refractivity contribution >= 4 is 40.2 Å². The number of aryl methyl sites for hydroxylation is 1. The largest absolute Gasteiger partial charge is 0.478 e. The van der Waals surface area contributed by atoms with E-state index in [1.54, 1.807) is 0 Å². The van der Waals surface area contributed by atoms with Gasteiger partial charge in [-0.1, -0.05) is 36.9 Å². The predicted octanol–water partition coefficient (Wildman–Crippen LogP) is 3.50. The number of carboxylic acids is 1. The highest BCUT2D eigenvalue weighted by Gasteiger charge is 2.17. The molecule has 0 saturated heterocycles. The van der Waals surface area contributed by atoms with Crippen molar-refractivity contribution in [2.75, 3.05) is 0 Å². The van der Waals surface area contributed by atoms with Gasteiger partial charge in [0.25, 0.3) is 0 Å². The van der Waals surface area contributed by atoms with Gasteiger partial charge in [0, 0.05) is 22.9 Å². The van der Waals surface area contributed by atoms with Crippen molar-refractivity contribution in [2.24, 2.45) is 0 Å². The molecule has 0 fully saturated rings. The van der Waals surface area contributed by atoms with Crippen LogP contribution in [0.25, 0.3) is 10.9 Å². The predicted molar refractivity (Wildman–Crippen MR) is 82.1 cm³/mol. The van der Waals surface area contributed by atoms with Crippen LogP contribution in [0.4, 0.5) is 0 Å². The van der Waals surface area contributed by atoms with E-state index in [1.165, 1.54) is 29.5 Å². The molecule has 3 aromatic rings. The van der Waals surface area contributed by atoms with Gasteiger partial charge in [-0.15, -0.1) is 0 Å². The maximum absolute atomic E-state index is 11.4. The minimum Gasteiger partial charge on any atom is -0.478 e. The molecule has 0 bridgehead atoms. The number of pyridine rings is 1. The van der Waals surface area contributed by atoms with E-state index < -0.39 is 5.97 Å². The normalized spacial score (nSPS) is 10.9. The van der Waals surface area contributed by atoms with E-state index in [1.807, 2.05) is 31.2 Å². The molecule has 3 rings (SSSR count). The standard InChI is InChI=1S/C14H11N3O2S2/c1-2-11-16-14(21-17-11)20-12-8-5-3-4-6-10(8)15-7-9(12)13(18)19/h3-7H,2H2,1H3,(H,18,19). The molecule has 0 unspecified atom stereocenters. The van der Waals surface area contributed by atoms with Gasteiger partial charge in [0.05, 0.1) is 11.1 Å². The maximum atomic E-state index is 11.4. The molecule has 0 amide bonds. The van der Waals surface area contributed by atoms with Crippen LogP contribution in [0.15, 0.2) is 39.7 Å². The third kappa shape index (κ3) is 2.74. The number of aromatic carboxylic acids is 1. The summed E-state index contributed by atoms with van der Waals surface area (Å²) in [6, 6.07) is 7.49. The average Bonchev–Trinajstić information content (AvgIpc) is 2.95. The summed E-state index contributed by atoms with van der Waals surface area (Å²) in [7, 11) is 0. The van der Waals surface area contributed by atoms with Crippen molar-refractivity contribution in [2.45, 2.75) is 22.6 Å². The summed E-state index contributed by atoms with van der Waals surface area (Å²) in [6.45, 7) is 1.99. The van der Waals surface area contributed by atoms with Crippen molar-refractivity contribution in [3.05, 3.63) is 41.9 Å². The molecule has 2 aromatic heterocycles. The first kappa shape index (κ1) is 14.0. The lowest BCUT2D eigenvalue weighted by Crippen LogP contribution is -2.00. The Hall–Kier alpha value is -1.99. The fourth-order valence-electron chi connectivity index (χ4n) is 1.89. The van der Waals surface area contributed by atoms with Gasteiger partial charge < -0.3 is 5.11 Å². The van der Waals surface area contributed by atoms with Gasteiger partial charge in [-0.05, 0) is 17.6 Å². The fourth-order valence-corrected chi connectivity index (χ4v) is 3.76. The summed E-state index contributed by atoms with van der Waals surface area (Å²) in [6.07, 6.45) is 2.16. The molecule has 0 aliphatic heterocycles. The highest BCUT2D eigenvalue weighted by Crippen LogP contribution is 2.36. The van der Waals surface area contributed by atoms with E-state index in [-0.39, 0.29) is 5.56 Å². The SMILES string of the molecule is CCc1nsc(Sc2c(C(=O)O)cnc3ccccc23)n1. The van der Waals surface area contributed by atoms with Crippen LogP contribution in [0.2, 0.25) is 0 Å². The second kappa shape index (κ2) is 5.79. The van der Waals surface area contributed by atoms with Crippen LogP contribution in [0, 0.1) is 0 Å². The smallest absolute Gasteiger partial charge is 0.338 e. The minimum absolute atomic E-state index is 0.187. The molecule has 21 heavy (non-hydrogen) atoms. The number of benzene rings is 1. The van der Waals surface area contributed by atoms with Crippen LogP contribution in [0.3, 0.4) is 0 Å². The molecule has 106 valence electrons. The van der Waals surface area contributed by atoms with E-state index in [0.717, 1.165) is 27.5 Å².